The van der Waals surface area contributed by atoms with Gasteiger partial charge in [0.15, 0.2) is 46.1 Å². The average molecular weight is 581 g/mol. The summed E-state index contributed by atoms with van der Waals surface area (Å²) >= 11 is 0. The van der Waals surface area contributed by atoms with Gasteiger partial charge in [-0.15, -0.1) is 0 Å². The number of ether oxygens (including phenoxy) is 8. The zero-order valence-electron chi connectivity index (χ0n) is 25.3. The molecule has 10 nitrogen and oxygen atoms in total. The quantitative estimate of drug-likeness (QED) is 0.205. The number of rotatable bonds is 12. The first-order chi connectivity index (χ1) is 20.2. The van der Waals surface area contributed by atoms with Gasteiger partial charge in [-0.3, -0.25) is 9.59 Å². The standard InChI is InChI=1S/C32H36O10/c1-16(2)42-21-12-17(10-11-20(21)35-3)25-26-19(15-24(38-6)31(40-8)32(26)41-9)29(34)27(25)28(33)18-13-22(36-4)30(39-7)23(14-18)37-5/h10-16,25,27H,1-9H3. The molecule has 0 spiro atoms. The van der Waals surface area contributed by atoms with Gasteiger partial charge < -0.3 is 37.9 Å². The van der Waals surface area contributed by atoms with Crippen molar-refractivity contribution < 1.29 is 47.5 Å². The maximum Gasteiger partial charge on any atom is 0.203 e. The third kappa shape index (κ3) is 5.13. The van der Waals surface area contributed by atoms with Gasteiger partial charge in [0.2, 0.25) is 11.5 Å². The number of carbonyl (C=O) groups excluding carboxylic acids is 2. The van der Waals surface area contributed by atoms with Crippen LogP contribution >= 0.6 is 0 Å². The second-order valence-corrected chi connectivity index (χ2v) is 9.78. The average Bonchev–Trinajstić information content (AvgIpc) is 3.29. The van der Waals surface area contributed by atoms with Crippen molar-refractivity contribution in [3.05, 3.63) is 58.7 Å². The van der Waals surface area contributed by atoms with E-state index in [0.717, 1.165) is 0 Å². The van der Waals surface area contributed by atoms with Crippen molar-refractivity contribution in [3.8, 4) is 46.0 Å². The zero-order chi connectivity index (χ0) is 30.7. The van der Waals surface area contributed by atoms with Crippen LogP contribution < -0.4 is 37.9 Å². The Morgan fingerprint density at radius 2 is 1.19 bits per heavy atom. The molecule has 0 aliphatic heterocycles. The smallest absolute Gasteiger partial charge is 0.203 e. The van der Waals surface area contributed by atoms with Gasteiger partial charge in [0.1, 0.15) is 0 Å². The summed E-state index contributed by atoms with van der Waals surface area (Å²) in [7, 11) is 10.4. The second kappa shape index (κ2) is 12.5. The maximum absolute atomic E-state index is 14.4. The zero-order valence-corrected chi connectivity index (χ0v) is 25.3. The molecule has 4 rings (SSSR count). The molecule has 3 aromatic carbocycles. The molecule has 0 radical (unpaired) electrons. The summed E-state index contributed by atoms with van der Waals surface area (Å²) in [6.45, 7) is 3.80. The van der Waals surface area contributed by atoms with Crippen LogP contribution in [0.4, 0.5) is 0 Å². The van der Waals surface area contributed by atoms with Crippen LogP contribution in [0.3, 0.4) is 0 Å². The summed E-state index contributed by atoms with van der Waals surface area (Å²) in [5.41, 5.74) is 1.66. The molecule has 42 heavy (non-hydrogen) atoms. The number of benzene rings is 3. The van der Waals surface area contributed by atoms with Gasteiger partial charge in [-0.05, 0) is 49.7 Å². The number of ketones is 2. The Balaban J connectivity index is 2.01. The van der Waals surface area contributed by atoms with Crippen LogP contribution in [0.1, 0.15) is 51.6 Å². The molecule has 2 unspecified atom stereocenters. The Morgan fingerprint density at radius 3 is 1.69 bits per heavy atom. The first kappa shape index (κ1) is 30.4. The highest BCUT2D eigenvalue weighted by Crippen LogP contribution is 2.55. The molecule has 0 saturated carbocycles. The lowest BCUT2D eigenvalue weighted by molar-refractivity contribution is 0.0810. The Hall–Kier alpha value is -4.60. The van der Waals surface area contributed by atoms with E-state index in [1.807, 2.05) is 19.9 Å². The van der Waals surface area contributed by atoms with Crippen molar-refractivity contribution in [1.29, 1.82) is 0 Å². The lowest BCUT2D eigenvalue weighted by Gasteiger charge is -2.24. The molecule has 0 heterocycles. The number of fused-ring (bicyclic) bond motifs is 1. The lowest BCUT2D eigenvalue weighted by atomic mass is 9.80. The van der Waals surface area contributed by atoms with Crippen LogP contribution in [-0.4, -0.2) is 67.4 Å². The summed E-state index contributed by atoms with van der Waals surface area (Å²) < 4.78 is 44.9. The fraction of sp³-hybridized carbons (Fsp3) is 0.375. The number of hydrogen-bond acceptors (Lipinski definition) is 10. The summed E-state index contributed by atoms with van der Waals surface area (Å²) in [4.78, 5) is 28.6. The Morgan fingerprint density at radius 1 is 0.643 bits per heavy atom. The minimum atomic E-state index is -1.17. The third-order valence-corrected chi connectivity index (χ3v) is 7.20. The molecule has 1 aliphatic carbocycles. The van der Waals surface area contributed by atoms with Crippen LogP contribution in [0, 0.1) is 5.92 Å². The molecule has 0 aromatic heterocycles. The normalized spacial score (nSPS) is 15.6. The van der Waals surface area contributed by atoms with Crippen molar-refractivity contribution >= 4 is 11.6 Å². The van der Waals surface area contributed by atoms with Gasteiger partial charge in [-0.2, -0.15) is 0 Å². The Kier molecular flexibility index (Phi) is 9.04. The SMILES string of the molecule is COc1ccc(C2c3c(cc(OC)c(OC)c3OC)C(=O)C2C(=O)c2cc(OC)c(OC)c(OC)c2)cc1OC(C)C. The topological polar surface area (TPSA) is 108 Å². The number of hydrogen-bond donors (Lipinski definition) is 0. The van der Waals surface area contributed by atoms with E-state index < -0.39 is 23.4 Å². The molecule has 2 atom stereocenters. The third-order valence-electron chi connectivity index (χ3n) is 7.20. The van der Waals surface area contributed by atoms with E-state index in [1.165, 1.54) is 54.8 Å². The molecule has 224 valence electrons. The molecular formula is C32H36O10. The highest BCUT2D eigenvalue weighted by Gasteiger charge is 2.49. The van der Waals surface area contributed by atoms with Gasteiger partial charge in [-0.25, -0.2) is 0 Å². The molecule has 0 bridgehead atoms. The number of Topliss-reactive ketones (excluding diaryl/α,β-unsaturated/α-hetero) is 2. The highest BCUT2D eigenvalue weighted by molar-refractivity contribution is 6.21. The van der Waals surface area contributed by atoms with E-state index in [9.17, 15) is 9.59 Å². The highest BCUT2D eigenvalue weighted by atomic mass is 16.5. The van der Waals surface area contributed by atoms with Gasteiger partial charge >= 0.3 is 0 Å². The molecule has 10 heteroatoms. The van der Waals surface area contributed by atoms with Crippen LogP contribution in [0.2, 0.25) is 0 Å². The maximum atomic E-state index is 14.4. The van der Waals surface area contributed by atoms with Crippen LogP contribution in [0.15, 0.2) is 36.4 Å². The predicted molar refractivity (Wildman–Crippen MR) is 155 cm³/mol. The molecule has 3 aromatic rings. The van der Waals surface area contributed by atoms with Crippen molar-refractivity contribution in [3.63, 3.8) is 0 Å². The Labute approximate surface area is 245 Å². The van der Waals surface area contributed by atoms with E-state index in [4.69, 9.17) is 37.9 Å². The second-order valence-electron chi connectivity index (χ2n) is 9.78. The Bertz CT molecular complexity index is 1470. The molecule has 0 fully saturated rings. The summed E-state index contributed by atoms with van der Waals surface area (Å²) in [6.07, 6.45) is -0.151. The summed E-state index contributed by atoms with van der Waals surface area (Å²) in [5, 5.41) is 0. The molecule has 0 N–H and O–H groups in total. The van der Waals surface area contributed by atoms with Crippen molar-refractivity contribution in [2.75, 3.05) is 49.8 Å². The van der Waals surface area contributed by atoms with Crippen LogP contribution in [0.5, 0.6) is 46.0 Å². The number of methoxy groups -OCH3 is 7. The minimum Gasteiger partial charge on any atom is -0.493 e. The predicted octanol–water partition coefficient (Wildman–Crippen LogP) is 5.36. The number of carbonyl (C=O) groups is 2. The lowest BCUT2D eigenvalue weighted by Crippen LogP contribution is -2.25. The van der Waals surface area contributed by atoms with Crippen LogP contribution in [0.25, 0.3) is 0 Å². The first-order valence-corrected chi connectivity index (χ1v) is 13.2. The van der Waals surface area contributed by atoms with Crippen LogP contribution in [-0.2, 0) is 0 Å². The monoisotopic (exact) mass is 580 g/mol. The minimum absolute atomic E-state index is 0.151. The molecule has 0 saturated heterocycles. The van der Waals surface area contributed by atoms with Gasteiger partial charge in [0.25, 0.3) is 0 Å². The fourth-order valence-electron chi connectivity index (χ4n) is 5.44. The van der Waals surface area contributed by atoms with Gasteiger partial charge in [0.05, 0.1) is 61.8 Å². The largest absolute Gasteiger partial charge is 0.493 e. The molecular weight excluding hydrogens is 544 g/mol. The van der Waals surface area contributed by atoms with Gasteiger partial charge in [0, 0.05) is 22.6 Å². The van der Waals surface area contributed by atoms with Crippen molar-refractivity contribution in [2.24, 2.45) is 5.92 Å². The van der Waals surface area contributed by atoms with Crippen molar-refractivity contribution in [2.45, 2.75) is 25.9 Å². The molecule has 1 aliphatic rings. The van der Waals surface area contributed by atoms with E-state index >= 15 is 0 Å². The van der Waals surface area contributed by atoms with Gasteiger partial charge in [-0.1, -0.05) is 6.07 Å². The van der Waals surface area contributed by atoms with E-state index in [1.54, 1.807) is 25.3 Å². The van der Waals surface area contributed by atoms with E-state index in [2.05, 4.69) is 0 Å². The van der Waals surface area contributed by atoms with Crippen molar-refractivity contribution in [1.82, 2.24) is 0 Å². The van der Waals surface area contributed by atoms with E-state index in [-0.39, 0.29) is 23.2 Å². The summed E-state index contributed by atoms with van der Waals surface area (Å²) in [6, 6.07) is 10.0. The first-order valence-electron chi connectivity index (χ1n) is 13.2. The molecule has 0 amide bonds. The van der Waals surface area contributed by atoms with E-state index in [0.29, 0.717) is 51.2 Å². The fourth-order valence-corrected chi connectivity index (χ4v) is 5.44. The summed E-state index contributed by atoms with van der Waals surface area (Å²) in [5.74, 6) is 0.0389.